The van der Waals surface area contributed by atoms with Crippen molar-refractivity contribution in [1.82, 2.24) is 29.8 Å². The minimum Gasteiger partial charge on any atom is -0.368 e. The third-order valence-electron chi connectivity index (χ3n) is 7.36. The summed E-state index contributed by atoms with van der Waals surface area (Å²) < 4.78 is 17.3. The van der Waals surface area contributed by atoms with E-state index in [4.69, 9.17) is 9.97 Å². The van der Waals surface area contributed by atoms with Crippen LogP contribution in [0, 0.1) is 19.7 Å². The maximum atomic E-state index is 15.0. The molecule has 4 aromatic rings. The molecule has 0 saturated carbocycles. The number of nitrogens with one attached hydrogen (secondary N) is 2. The molecule has 0 aliphatic carbocycles. The number of halogens is 1. The molecule has 2 aliphatic rings. The first-order valence-corrected chi connectivity index (χ1v) is 12.6. The lowest BCUT2D eigenvalue weighted by molar-refractivity contribution is 0.386. The van der Waals surface area contributed by atoms with Gasteiger partial charge in [-0.1, -0.05) is 0 Å². The Morgan fingerprint density at radius 1 is 1.06 bits per heavy atom. The molecule has 36 heavy (non-hydrogen) atoms. The Bertz CT molecular complexity index is 1470. The van der Waals surface area contributed by atoms with E-state index in [0.717, 1.165) is 72.8 Å². The van der Waals surface area contributed by atoms with Crippen LogP contribution in [-0.2, 0) is 12.0 Å². The predicted octanol–water partition coefficient (Wildman–Crippen LogP) is 4.48. The van der Waals surface area contributed by atoms with Gasteiger partial charge in [0.2, 0.25) is 5.95 Å². The quantitative estimate of drug-likeness (QED) is 0.440. The van der Waals surface area contributed by atoms with Crippen molar-refractivity contribution in [3.63, 3.8) is 0 Å². The molecular formula is C27H31FN8. The van der Waals surface area contributed by atoms with E-state index in [1.54, 1.807) is 0 Å². The van der Waals surface area contributed by atoms with Crippen LogP contribution in [0.2, 0.25) is 0 Å². The van der Waals surface area contributed by atoms with Gasteiger partial charge >= 0.3 is 0 Å². The van der Waals surface area contributed by atoms with Gasteiger partial charge in [0, 0.05) is 43.7 Å². The second-order valence-corrected chi connectivity index (χ2v) is 10.4. The van der Waals surface area contributed by atoms with Gasteiger partial charge in [-0.2, -0.15) is 0 Å². The van der Waals surface area contributed by atoms with E-state index in [1.807, 2.05) is 32.0 Å². The van der Waals surface area contributed by atoms with Gasteiger partial charge in [0.1, 0.15) is 17.3 Å². The van der Waals surface area contributed by atoms with Gasteiger partial charge in [0.25, 0.3) is 0 Å². The van der Waals surface area contributed by atoms with Crippen molar-refractivity contribution in [1.29, 1.82) is 0 Å². The number of anilines is 3. The van der Waals surface area contributed by atoms with Crippen LogP contribution >= 0.6 is 0 Å². The highest BCUT2D eigenvalue weighted by molar-refractivity contribution is 5.86. The molecular weight excluding hydrogens is 455 g/mol. The Kier molecular flexibility index (Phi) is 5.40. The number of fused-ring (bicyclic) bond motifs is 3. The van der Waals surface area contributed by atoms with Crippen molar-refractivity contribution in [2.75, 3.05) is 36.4 Å². The number of piperazine rings is 1. The van der Waals surface area contributed by atoms with Crippen LogP contribution < -0.4 is 15.5 Å². The monoisotopic (exact) mass is 486 g/mol. The second-order valence-electron chi connectivity index (χ2n) is 10.4. The Hall–Kier alpha value is -3.59. The van der Waals surface area contributed by atoms with Gasteiger partial charge in [0.15, 0.2) is 5.82 Å². The molecule has 1 aromatic carbocycles. The minimum absolute atomic E-state index is 0.0213. The zero-order valence-corrected chi connectivity index (χ0v) is 21.2. The number of pyridine rings is 1. The van der Waals surface area contributed by atoms with Crippen molar-refractivity contribution in [3.05, 3.63) is 53.4 Å². The minimum atomic E-state index is -0.460. The molecule has 1 saturated heterocycles. The number of nitrogens with zero attached hydrogens (tertiary/aromatic N) is 6. The van der Waals surface area contributed by atoms with Crippen LogP contribution in [0.5, 0.6) is 0 Å². The first-order chi connectivity index (χ1) is 17.3. The Morgan fingerprint density at radius 3 is 2.64 bits per heavy atom. The van der Waals surface area contributed by atoms with E-state index in [1.165, 1.54) is 6.20 Å². The van der Waals surface area contributed by atoms with E-state index in [-0.39, 0.29) is 11.2 Å². The molecule has 5 heterocycles. The molecule has 3 aromatic heterocycles. The number of hydrogen-bond donors (Lipinski definition) is 2. The van der Waals surface area contributed by atoms with Crippen LogP contribution in [0.1, 0.15) is 37.4 Å². The Morgan fingerprint density at radius 2 is 1.86 bits per heavy atom. The number of aryl methyl sites for hydroxylation is 3. The summed E-state index contributed by atoms with van der Waals surface area (Å²) in [4.78, 5) is 20.7. The van der Waals surface area contributed by atoms with Crippen LogP contribution in [0.25, 0.3) is 22.3 Å². The highest BCUT2D eigenvalue weighted by Crippen LogP contribution is 2.38. The molecule has 1 fully saturated rings. The summed E-state index contributed by atoms with van der Waals surface area (Å²) in [7, 11) is 0. The first-order valence-electron chi connectivity index (χ1n) is 12.6. The van der Waals surface area contributed by atoms with Crippen molar-refractivity contribution >= 4 is 28.5 Å². The maximum Gasteiger partial charge on any atom is 0.229 e. The molecule has 0 atom stereocenters. The average Bonchev–Trinajstić information content (AvgIpc) is 3.38. The highest BCUT2D eigenvalue weighted by Gasteiger charge is 2.32. The van der Waals surface area contributed by atoms with Crippen molar-refractivity contribution in [2.45, 2.75) is 46.1 Å². The summed E-state index contributed by atoms with van der Waals surface area (Å²) in [6.45, 7) is 12.3. The molecule has 0 amide bonds. The number of rotatable bonds is 4. The SMILES string of the molecule is Cc1nc(Nc2ncc(F)c(-c3cc(C)c4nc5n(c4c3)C(C)(C)CC5)n2)ccc1N1CCNCC1. The van der Waals surface area contributed by atoms with Gasteiger partial charge in [-0.3, -0.25) is 0 Å². The Balaban J connectivity index is 1.33. The van der Waals surface area contributed by atoms with E-state index >= 15 is 0 Å². The molecule has 186 valence electrons. The van der Waals surface area contributed by atoms with Crippen molar-refractivity contribution < 1.29 is 4.39 Å². The molecule has 2 N–H and O–H groups in total. The summed E-state index contributed by atoms with van der Waals surface area (Å²) in [5, 5.41) is 6.54. The molecule has 2 aliphatic heterocycles. The molecule has 6 rings (SSSR count). The van der Waals surface area contributed by atoms with Gasteiger partial charge in [-0.25, -0.2) is 24.3 Å². The third-order valence-corrected chi connectivity index (χ3v) is 7.36. The zero-order chi connectivity index (χ0) is 25.0. The molecule has 0 spiro atoms. The average molecular weight is 487 g/mol. The second kappa shape index (κ2) is 8.51. The summed E-state index contributed by atoms with van der Waals surface area (Å²) in [5.74, 6) is 1.57. The zero-order valence-electron chi connectivity index (χ0n) is 21.2. The Labute approximate surface area is 210 Å². The summed E-state index contributed by atoms with van der Waals surface area (Å²) in [6, 6.07) is 7.95. The summed E-state index contributed by atoms with van der Waals surface area (Å²) in [6.07, 6.45) is 3.22. The lowest BCUT2D eigenvalue weighted by atomic mass is 10.0. The fraction of sp³-hybridized carbons (Fsp3) is 0.407. The fourth-order valence-corrected chi connectivity index (χ4v) is 5.51. The van der Waals surface area contributed by atoms with E-state index < -0.39 is 5.82 Å². The van der Waals surface area contributed by atoms with Crippen molar-refractivity contribution in [3.8, 4) is 11.3 Å². The largest absolute Gasteiger partial charge is 0.368 e. The lowest BCUT2D eigenvalue weighted by Gasteiger charge is -2.30. The topological polar surface area (TPSA) is 83.8 Å². The van der Waals surface area contributed by atoms with Gasteiger partial charge < -0.3 is 20.1 Å². The van der Waals surface area contributed by atoms with Gasteiger partial charge in [-0.15, -0.1) is 0 Å². The number of imidazole rings is 1. The number of hydrogen-bond acceptors (Lipinski definition) is 7. The predicted molar refractivity (Wildman–Crippen MR) is 140 cm³/mol. The lowest BCUT2D eigenvalue weighted by Crippen LogP contribution is -2.43. The smallest absolute Gasteiger partial charge is 0.229 e. The number of benzene rings is 1. The normalized spacial score (nSPS) is 17.0. The van der Waals surface area contributed by atoms with Crippen LogP contribution in [0.15, 0.2) is 30.5 Å². The molecule has 0 radical (unpaired) electrons. The first kappa shape index (κ1) is 22.8. The fourth-order valence-electron chi connectivity index (χ4n) is 5.51. The standard InChI is InChI=1S/C27H31FN8/c1-16-13-18(14-21-24(16)33-23-7-8-27(3,4)36(21)23)25-19(28)15-30-26(34-25)32-22-6-5-20(17(2)31-22)35-11-9-29-10-12-35/h5-6,13-15,29H,7-12H2,1-4H3,(H,30,31,32,34). The van der Waals surface area contributed by atoms with E-state index in [2.05, 4.69) is 50.0 Å². The van der Waals surface area contributed by atoms with Gasteiger partial charge in [0.05, 0.1) is 28.6 Å². The summed E-state index contributed by atoms with van der Waals surface area (Å²) in [5.41, 5.74) is 6.02. The molecule has 9 heteroatoms. The van der Waals surface area contributed by atoms with Crippen LogP contribution in [-0.4, -0.2) is 50.7 Å². The van der Waals surface area contributed by atoms with E-state index in [9.17, 15) is 4.39 Å². The highest BCUT2D eigenvalue weighted by atomic mass is 19.1. The third kappa shape index (κ3) is 3.87. The molecule has 0 bridgehead atoms. The van der Waals surface area contributed by atoms with Gasteiger partial charge in [-0.05, 0) is 63.9 Å². The molecule has 0 unspecified atom stereocenters. The van der Waals surface area contributed by atoms with Crippen LogP contribution in [0.3, 0.4) is 0 Å². The maximum absolute atomic E-state index is 15.0. The van der Waals surface area contributed by atoms with Crippen molar-refractivity contribution in [2.24, 2.45) is 0 Å². The molecule has 8 nitrogen and oxygen atoms in total. The number of aromatic nitrogens is 5. The summed E-state index contributed by atoms with van der Waals surface area (Å²) >= 11 is 0. The van der Waals surface area contributed by atoms with E-state index in [0.29, 0.717) is 17.3 Å². The van der Waals surface area contributed by atoms with Crippen LogP contribution in [0.4, 0.5) is 21.8 Å².